The van der Waals surface area contributed by atoms with Gasteiger partial charge in [0.25, 0.3) is 5.91 Å². The van der Waals surface area contributed by atoms with Gasteiger partial charge in [-0.2, -0.15) is 0 Å². The third-order valence-electron chi connectivity index (χ3n) is 3.54. The Morgan fingerprint density at radius 1 is 1.12 bits per heavy atom. The summed E-state index contributed by atoms with van der Waals surface area (Å²) in [4.78, 5) is 12.0. The predicted molar refractivity (Wildman–Crippen MR) is 85.3 cm³/mol. The predicted octanol–water partition coefficient (Wildman–Crippen LogP) is 2.09. The molecule has 25 heavy (non-hydrogen) atoms. The minimum absolute atomic E-state index is 0.0820. The molecule has 0 bridgehead atoms. The Kier molecular flexibility index (Phi) is 4.57. The average molecular weight is 351 g/mol. The Labute approximate surface area is 141 Å². The fourth-order valence-electron chi connectivity index (χ4n) is 2.44. The molecule has 132 valence electrons. The first kappa shape index (κ1) is 16.8. The standard InChI is InChI=1S/C16H15F2N3O4/c1-23-15-10(17)4-8(5-11(15)18)20-12-7-14-13(24-2-3-25-14)6-9(12)16(22)21-19/h4-7,20H,2-3,19H2,1H3,(H,21,22). The van der Waals surface area contributed by atoms with Gasteiger partial charge in [-0.05, 0) is 6.07 Å². The molecule has 1 aliphatic rings. The number of halogens is 2. The van der Waals surface area contributed by atoms with Crippen molar-refractivity contribution in [3.05, 3.63) is 41.5 Å². The third kappa shape index (κ3) is 3.26. The highest BCUT2D eigenvalue weighted by Gasteiger charge is 2.20. The maximum Gasteiger partial charge on any atom is 0.267 e. The number of nitrogens with two attached hydrogens (primary N) is 1. The van der Waals surface area contributed by atoms with Gasteiger partial charge in [-0.25, -0.2) is 14.6 Å². The molecule has 1 amide bonds. The zero-order chi connectivity index (χ0) is 18.0. The van der Waals surface area contributed by atoms with Crippen LogP contribution in [0.4, 0.5) is 20.2 Å². The number of amides is 1. The highest BCUT2D eigenvalue weighted by Crippen LogP contribution is 2.37. The van der Waals surface area contributed by atoms with Crippen molar-refractivity contribution in [2.45, 2.75) is 0 Å². The van der Waals surface area contributed by atoms with Crippen molar-refractivity contribution >= 4 is 17.3 Å². The van der Waals surface area contributed by atoms with E-state index in [1.54, 1.807) is 0 Å². The lowest BCUT2D eigenvalue weighted by Gasteiger charge is -2.21. The Hall–Kier alpha value is -3.07. The molecule has 9 heteroatoms. The van der Waals surface area contributed by atoms with E-state index in [1.165, 1.54) is 19.2 Å². The van der Waals surface area contributed by atoms with E-state index in [0.717, 1.165) is 12.1 Å². The first-order valence-electron chi connectivity index (χ1n) is 7.28. The molecule has 0 radical (unpaired) electrons. The lowest BCUT2D eigenvalue weighted by Crippen LogP contribution is -2.30. The summed E-state index contributed by atoms with van der Waals surface area (Å²) in [5.41, 5.74) is 2.47. The molecule has 2 aromatic carbocycles. The molecule has 0 saturated heterocycles. The number of nitrogens with one attached hydrogen (secondary N) is 2. The molecule has 0 atom stereocenters. The highest BCUT2D eigenvalue weighted by atomic mass is 19.1. The quantitative estimate of drug-likeness (QED) is 0.444. The number of methoxy groups -OCH3 is 1. The van der Waals surface area contributed by atoms with E-state index in [1.807, 2.05) is 5.43 Å². The largest absolute Gasteiger partial charge is 0.491 e. The van der Waals surface area contributed by atoms with Crippen LogP contribution in [0.5, 0.6) is 17.2 Å². The van der Waals surface area contributed by atoms with Gasteiger partial charge in [-0.1, -0.05) is 0 Å². The number of rotatable bonds is 4. The van der Waals surface area contributed by atoms with Crippen LogP contribution in [-0.4, -0.2) is 26.2 Å². The summed E-state index contributed by atoms with van der Waals surface area (Å²) in [6, 6.07) is 5.03. The molecule has 0 aromatic heterocycles. The van der Waals surface area contributed by atoms with Gasteiger partial charge in [0.2, 0.25) is 0 Å². The first-order chi connectivity index (χ1) is 12.0. The van der Waals surface area contributed by atoms with Crippen molar-refractivity contribution < 1.29 is 27.8 Å². The lowest BCUT2D eigenvalue weighted by molar-refractivity contribution is 0.0953. The summed E-state index contributed by atoms with van der Waals surface area (Å²) in [7, 11) is 1.17. The maximum atomic E-state index is 13.9. The van der Waals surface area contributed by atoms with Crippen LogP contribution < -0.4 is 30.8 Å². The molecule has 0 saturated carbocycles. The third-order valence-corrected chi connectivity index (χ3v) is 3.54. The van der Waals surface area contributed by atoms with Gasteiger partial charge in [-0.15, -0.1) is 0 Å². The van der Waals surface area contributed by atoms with Gasteiger partial charge in [0.1, 0.15) is 13.2 Å². The second kappa shape index (κ2) is 6.81. The zero-order valence-corrected chi connectivity index (χ0v) is 13.2. The fourth-order valence-corrected chi connectivity index (χ4v) is 2.44. The topological polar surface area (TPSA) is 94.8 Å². The minimum atomic E-state index is -0.882. The molecule has 0 fully saturated rings. The van der Waals surface area contributed by atoms with Crippen LogP contribution in [0.2, 0.25) is 0 Å². The number of hydrogen-bond donors (Lipinski definition) is 3. The van der Waals surface area contributed by atoms with Gasteiger partial charge < -0.3 is 19.5 Å². The monoisotopic (exact) mass is 351 g/mol. The van der Waals surface area contributed by atoms with Gasteiger partial charge >= 0.3 is 0 Å². The van der Waals surface area contributed by atoms with E-state index in [4.69, 9.17) is 15.3 Å². The second-order valence-corrected chi connectivity index (χ2v) is 5.11. The molecule has 0 unspecified atom stereocenters. The van der Waals surface area contributed by atoms with E-state index < -0.39 is 23.3 Å². The normalized spacial score (nSPS) is 12.5. The molecule has 0 aliphatic carbocycles. The van der Waals surface area contributed by atoms with Crippen LogP contribution >= 0.6 is 0 Å². The van der Waals surface area contributed by atoms with E-state index in [9.17, 15) is 13.6 Å². The van der Waals surface area contributed by atoms with Gasteiger partial charge in [0, 0.05) is 23.9 Å². The van der Waals surface area contributed by atoms with Crippen molar-refractivity contribution in [1.82, 2.24) is 5.43 Å². The summed E-state index contributed by atoms with van der Waals surface area (Å²) in [5, 5.41) is 2.78. The van der Waals surface area contributed by atoms with Crippen molar-refractivity contribution in [2.75, 3.05) is 25.6 Å². The van der Waals surface area contributed by atoms with Crippen LogP contribution in [-0.2, 0) is 0 Å². The number of benzene rings is 2. The molecule has 1 aliphatic heterocycles. The Morgan fingerprint density at radius 3 is 2.28 bits per heavy atom. The smallest absolute Gasteiger partial charge is 0.267 e. The van der Waals surface area contributed by atoms with Crippen LogP contribution in [0.15, 0.2) is 24.3 Å². The second-order valence-electron chi connectivity index (χ2n) is 5.11. The Bertz CT molecular complexity index is 806. The lowest BCUT2D eigenvalue weighted by atomic mass is 10.1. The number of anilines is 2. The van der Waals surface area contributed by atoms with Crippen LogP contribution in [0.1, 0.15) is 10.4 Å². The zero-order valence-electron chi connectivity index (χ0n) is 13.2. The van der Waals surface area contributed by atoms with Crippen molar-refractivity contribution in [1.29, 1.82) is 0 Å². The van der Waals surface area contributed by atoms with Crippen molar-refractivity contribution in [3.8, 4) is 17.2 Å². The van der Waals surface area contributed by atoms with Crippen molar-refractivity contribution in [2.24, 2.45) is 5.84 Å². The van der Waals surface area contributed by atoms with Crippen LogP contribution in [0, 0.1) is 11.6 Å². The fraction of sp³-hybridized carbons (Fsp3) is 0.188. The molecule has 3 rings (SSSR count). The van der Waals surface area contributed by atoms with Gasteiger partial charge in [0.15, 0.2) is 28.9 Å². The first-order valence-corrected chi connectivity index (χ1v) is 7.28. The van der Waals surface area contributed by atoms with Crippen LogP contribution in [0.3, 0.4) is 0 Å². The van der Waals surface area contributed by atoms with E-state index in [-0.39, 0.29) is 16.9 Å². The van der Waals surface area contributed by atoms with E-state index in [2.05, 4.69) is 10.1 Å². The average Bonchev–Trinajstić information content (AvgIpc) is 2.60. The number of carbonyl (C=O) groups excluding carboxylic acids is 1. The molecule has 4 N–H and O–H groups in total. The van der Waals surface area contributed by atoms with Gasteiger partial charge in [0.05, 0.1) is 18.4 Å². The van der Waals surface area contributed by atoms with Crippen LogP contribution in [0.25, 0.3) is 0 Å². The molecular weight excluding hydrogens is 336 g/mol. The number of nitrogen functional groups attached to an aromatic ring is 1. The number of carbonyl (C=O) groups is 1. The number of hydrazine groups is 1. The highest BCUT2D eigenvalue weighted by molar-refractivity contribution is 6.01. The SMILES string of the molecule is COc1c(F)cc(Nc2cc3c(cc2C(=O)NN)OCCO3)cc1F. The number of fused-ring (bicyclic) bond motifs is 1. The summed E-state index contributed by atoms with van der Waals surface area (Å²) < 4.78 is 43.2. The summed E-state index contributed by atoms with van der Waals surface area (Å²) in [6.07, 6.45) is 0. The minimum Gasteiger partial charge on any atom is -0.491 e. The summed E-state index contributed by atoms with van der Waals surface area (Å²) in [5.74, 6) is 3.11. The Morgan fingerprint density at radius 2 is 1.72 bits per heavy atom. The number of hydrogen-bond acceptors (Lipinski definition) is 6. The number of ether oxygens (including phenoxy) is 3. The van der Waals surface area contributed by atoms with E-state index >= 15 is 0 Å². The van der Waals surface area contributed by atoms with Gasteiger partial charge in [-0.3, -0.25) is 10.2 Å². The van der Waals surface area contributed by atoms with E-state index in [0.29, 0.717) is 24.7 Å². The molecule has 7 nitrogen and oxygen atoms in total. The summed E-state index contributed by atoms with van der Waals surface area (Å²) >= 11 is 0. The maximum absolute atomic E-state index is 13.9. The molecule has 2 aromatic rings. The Balaban J connectivity index is 2.02. The molecular formula is C16H15F2N3O4. The molecule has 0 spiro atoms. The molecule has 1 heterocycles. The summed E-state index contributed by atoms with van der Waals surface area (Å²) in [6.45, 7) is 0.693. The van der Waals surface area contributed by atoms with Crippen molar-refractivity contribution in [3.63, 3.8) is 0 Å².